The molecular weight excluding hydrogens is 360 g/mol. The fourth-order valence-electron chi connectivity index (χ4n) is 4.69. The zero-order valence-electron chi connectivity index (χ0n) is 16.4. The highest BCUT2D eigenvalue weighted by Crippen LogP contribution is 2.28. The number of piperidine rings is 1. The van der Waals surface area contributed by atoms with E-state index in [1.165, 1.54) is 12.8 Å². The van der Waals surface area contributed by atoms with E-state index < -0.39 is 0 Å². The first-order chi connectivity index (χ1) is 14.2. The number of carbonyl (C=O) groups excluding carboxylic acids is 1. The Morgan fingerprint density at radius 2 is 1.66 bits per heavy atom. The normalized spacial score (nSPS) is 23.1. The van der Waals surface area contributed by atoms with Gasteiger partial charge in [-0.3, -0.25) is 9.48 Å². The molecule has 3 heterocycles. The highest BCUT2D eigenvalue weighted by atomic mass is 16.1. The Labute approximate surface area is 171 Å². The molecule has 2 aliphatic heterocycles. The van der Waals surface area contributed by atoms with E-state index in [2.05, 4.69) is 22.8 Å². The summed E-state index contributed by atoms with van der Waals surface area (Å²) in [6.07, 6.45) is 6.37. The van der Waals surface area contributed by atoms with Gasteiger partial charge in [0, 0.05) is 29.9 Å². The molecule has 5 rings (SSSR count). The summed E-state index contributed by atoms with van der Waals surface area (Å²) in [6.45, 7) is 0.644. The Hall–Kier alpha value is -2.92. The van der Waals surface area contributed by atoms with Crippen LogP contribution >= 0.6 is 0 Å². The fourth-order valence-corrected chi connectivity index (χ4v) is 4.69. The van der Waals surface area contributed by atoms with Crippen molar-refractivity contribution >= 4 is 5.91 Å². The van der Waals surface area contributed by atoms with Crippen LogP contribution in [0.25, 0.3) is 11.3 Å². The van der Waals surface area contributed by atoms with Gasteiger partial charge >= 0.3 is 0 Å². The molecule has 148 valence electrons. The molecule has 2 atom stereocenters. The van der Waals surface area contributed by atoms with Gasteiger partial charge in [-0.15, -0.1) is 0 Å². The van der Waals surface area contributed by atoms with Gasteiger partial charge in [0.2, 0.25) is 0 Å². The van der Waals surface area contributed by atoms with Crippen LogP contribution in [0.3, 0.4) is 0 Å². The number of hydrogen-bond donors (Lipinski definition) is 2. The number of amides is 1. The summed E-state index contributed by atoms with van der Waals surface area (Å²) in [5.41, 5.74) is 3.53. The van der Waals surface area contributed by atoms with E-state index in [-0.39, 0.29) is 11.9 Å². The number of nitrogens with one attached hydrogen (secondary N) is 2. The van der Waals surface area contributed by atoms with Crippen LogP contribution in [0.5, 0.6) is 0 Å². The second-order valence-electron chi connectivity index (χ2n) is 8.22. The van der Waals surface area contributed by atoms with Crippen LogP contribution < -0.4 is 10.6 Å². The van der Waals surface area contributed by atoms with Gasteiger partial charge in [-0.2, -0.15) is 5.10 Å². The lowest BCUT2D eigenvalue weighted by Gasteiger charge is -2.29. The Morgan fingerprint density at radius 1 is 1.00 bits per heavy atom. The third-order valence-corrected chi connectivity index (χ3v) is 6.05. The SMILES string of the molecule is O=C(NC1CC2CCC(C1)N2)c1cn(Cc2ccccc2)nc1-c1ccccc1. The van der Waals surface area contributed by atoms with Crippen molar-refractivity contribution in [2.24, 2.45) is 0 Å². The molecule has 29 heavy (non-hydrogen) atoms. The second-order valence-corrected chi connectivity index (χ2v) is 8.22. The quantitative estimate of drug-likeness (QED) is 0.704. The lowest BCUT2D eigenvalue weighted by molar-refractivity contribution is 0.0924. The number of rotatable bonds is 5. The van der Waals surface area contributed by atoms with Crippen molar-refractivity contribution in [1.82, 2.24) is 20.4 Å². The van der Waals surface area contributed by atoms with Gasteiger partial charge in [-0.05, 0) is 31.2 Å². The molecule has 3 aromatic rings. The molecule has 1 aromatic heterocycles. The number of fused-ring (bicyclic) bond motifs is 2. The molecule has 2 unspecified atom stereocenters. The van der Waals surface area contributed by atoms with Crippen LogP contribution in [0, 0.1) is 0 Å². The van der Waals surface area contributed by atoms with Crippen LogP contribution in [0.2, 0.25) is 0 Å². The molecule has 2 saturated heterocycles. The Morgan fingerprint density at radius 3 is 2.34 bits per heavy atom. The molecule has 2 aliphatic rings. The van der Waals surface area contributed by atoms with Crippen molar-refractivity contribution in [3.8, 4) is 11.3 Å². The van der Waals surface area contributed by atoms with Crippen molar-refractivity contribution in [2.45, 2.75) is 50.4 Å². The van der Waals surface area contributed by atoms with Gasteiger partial charge in [0.1, 0.15) is 5.69 Å². The van der Waals surface area contributed by atoms with Crippen LogP contribution in [-0.4, -0.2) is 33.8 Å². The van der Waals surface area contributed by atoms with Crippen molar-refractivity contribution < 1.29 is 4.79 Å². The number of nitrogens with zero attached hydrogens (tertiary/aromatic N) is 2. The molecule has 0 aliphatic carbocycles. The zero-order chi connectivity index (χ0) is 19.6. The van der Waals surface area contributed by atoms with E-state index in [0.717, 1.165) is 29.7 Å². The minimum absolute atomic E-state index is 0.0190. The summed E-state index contributed by atoms with van der Waals surface area (Å²) in [4.78, 5) is 13.2. The number of benzene rings is 2. The third kappa shape index (κ3) is 3.96. The molecule has 1 amide bonds. The molecular formula is C24H26N4O. The molecule has 5 nitrogen and oxygen atoms in total. The fraction of sp³-hybridized carbons (Fsp3) is 0.333. The lowest BCUT2D eigenvalue weighted by Crippen LogP contribution is -2.48. The number of aromatic nitrogens is 2. The number of hydrogen-bond acceptors (Lipinski definition) is 3. The molecule has 2 N–H and O–H groups in total. The molecule has 0 spiro atoms. The smallest absolute Gasteiger partial charge is 0.255 e. The maximum atomic E-state index is 13.2. The average molecular weight is 386 g/mol. The largest absolute Gasteiger partial charge is 0.349 e. The minimum atomic E-state index is -0.0190. The van der Waals surface area contributed by atoms with E-state index in [4.69, 9.17) is 5.10 Å². The van der Waals surface area contributed by atoms with Gasteiger partial charge in [-0.25, -0.2) is 0 Å². The van der Waals surface area contributed by atoms with E-state index in [0.29, 0.717) is 24.2 Å². The monoisotopic (exact) mass is 386 g/mol. The highest BCUT2D eigenvalue weighted by molar-refractivity contribution is 6.00. The molecule has 0 radical (unpaired) electrons. The first kappa shape index (κ1) is 18.1. The Bertz CT molecular complexity index is 971. The van der Waals surface area contributed by atoms with Crippen molar-refractivity contribution in [2.75, 3.05) is 0 Å². The van der Waals surface area contributed by atoms with Gasteiger partial charge in [-0.1, -0.05) is 60.7 Å². The summed E-state index contributed by atoms with van der Waals surface area (Å²) in [7, 11) is 0. The highest BCUT2D eigenvalue weighted by Gasteiger charge is 2.34. The van der Waals surface area contributed by atoms with Gasteiger partial charge in [0.15, 0.2) is 0 Å². The van der Waals surface area contributed by atoms with E-state index >= 15 is 0 Å². The van der Waals surface area contributed by atoms with Crippen molar-refractivity contribution in [3.05, 3.63) is 78.0 Å². The molecule has 2 aromatic carbocycles. The molecule has 2 bridgehead atoms. The molecule has 2 fully saturated rings. The molecule has 5 heteroatoms. The van der Waals surface area contributed by atoms with Crippen LogP contribution in [0.1, 0.15) is 41.6 Å². The predicted octanol–water partition coefficient (Wildman–Crippen LogP) is 3.61. The summed E-state index contributed by atoms with van der Waals surface area (Å²) in [6, 6.07) is 21.5. The average Bonchev–Trinajstić information content (AvgIpc) is 3.32. The lowest BCUT2D eigenvalue weighted by atomic mass is 9.99. The first-order valence-corrected chi connectivity index (χ1v) is 10.5. The maximum Gasteiger partial charge on any atom is 0.255 e. The van der Waals surface area contributed by atoms with Crippen LogP contribution in [0.15, 0.2) is 66.9 Å². The first-order valence-electron chi connectivity index (χ1n) is 10.5. The maximum absolute atomic E-state index is 13.2. The topological polar surface area (TPSA) is 59.0 Å². The van der Waals surface area contributed by atoms with Crippen LogP contribution in [-0.2, 0) is 6.54 Å². The van der Waals surface area contributed by atoms with Gasteiger partial charge in [0.25, 0.3) is 5.91 Å². The predicted molar refractivity (Wildman–Crippen MR) is 114 cm³/mol. The van der Waals surface area contributed by atoms with Crippen LogP contribution in [0.4, 0.5) is 0 Å². The molecule has 0 saturated carbocycles. The second kappa shape index (κ2) is 7.84. The van der Waals surface area contributed by atoms with Crippen molar-refractivity contribution in [3.63, 3.8) is 0 Å². The van der Waals surface area contributed by atoms with E-state index in [9.17, 15) is 4.79 Å². The summed E-state index contributed by atoms with van der Waals surface area (Å²) < 4.78 is 1.87. The van der Waals surface area contributed by atoms with E-state index in [1.54, 1.807) is 0 Å². The minimum Gasteiger partial charge on any atom is -0.349 e. The summed E-state index contributed by atoms with van der Waals surface area (Å²) >= 11 is 0. The Kier molecular flexibility index (Phi) is 4.90. The van der Waals surface area contributed by atoms with E-state index in [1.807, 2.05) is 59.4 Å². The summed E-state index contributed by atoms with van der Waals surface area (Å²) in [5, 5.41) is 11.7. The van der Waals surface area contributed by atoms with Crippen molar-refractivity contribution in [1.29, 1.82) is 0 Å². The summed E-state index contributed by atoms with van der Waals surface area (Å²) in [5.74, 6) is -0.0190. The Balaban J connectivity index is 1.41. The number of carbonyl (C=O) groups is 1. The standard InChI is InChI=1S/C24H26N4O/c29-24(26-21-13-19-11-12-20(14-21)25-19)22-16-28(15-17-7-3-1-4-8-17)27-23(22)18-9-5-2-6-10-18/h1-10,16,19-21,25H,11-15H2,(H,26,29). The van der Waals surface area contributed by atoms with Gasteiger partial charge < -0.3 is 10.6 Å². The van der Waals surface area contributed by atoms with Gasteiger partial charge in [0.05, 0.1) is 12.1 Å². The zero-order valence-corrected chi connectivity index (χ0v) is 16.4. The third-order valence-electron chi connectivity index (χ3n) is 6.05.